The lowest BCUT2D eigenvalue weighted by Gasteiger charge is -2.63. The summed E-state index contributed by atoms with van der Waals surface area (Å²) in [6.45, 7) is 9.74. The van der Waals surface area contributed by atoms with Gasteiger partial charge in [-0.2, -0.15) is 0 Å². The summed E-state index contributed by atoms with van der Waals surface area (Å²) in [6, 6.07) is 0. The van der Waals surface area contributed by atoms with Crippen LogP contribution in [0, 0.1) is 64.6 Å². The first-order chi connectivity index (χ1) is 17.9. The maximum Gasteiger partial charge on any atom is 0.0189 e. The molecule has 8 saturated carbocycles. The zero-order chi connectivity index (χ0) is 25.6. The van der Waals surface area contributed by atoms with Crippen LogP contribution in [0.5, 0.6) is 0 Å². The van der Waals surface area contributed by atoms with Crippen LogP contribution in [0.1, 0.15) is 136 Å². The SMILES string of the molecule is CCC(CCNC12CC3CC(CC(C3)C1)C2)CCC12CC3CC(CC(C3)C1C(C)CC(CC)CCN)C2. The summed E-state index contributed by atoms with van der Waals surface area (Å²) < 4.78 is 0. The highest BCUT2D eigenvalue weighted by atomic mass is 15.0. The molecule has 8 rings (SSSR count). The fraction of sp³-hybridized carbons (Fsp3) is 1.00. The molecule has 0 aliphatic heterocycles. The number of rotatable bonds is 14. The van der Waals surface area contributed by atoms with Gasteiger partial charge in [0.25, 0.3) is 0 Å². The minimum atomic E-state index is 0.548. The van der Waals surface area contributed by atoms with Gasteiger partial charge in [0.2, 0.25) is 0 Å². The van der Waals surface area contributed by atoms with Gasteiger partial charge in [0, 0.05) is 5.54 Å². The van der Waals surface area contributed by atoms with E-state index in [1.54, 1.807) is 57.8 Å². The van der Waals surface area contributed by atoms with Gasteiger partial charge in [0.1, 0.15) is 0 Å². The molecule has 0 amide bonds. The summed E-state index contributed by atoms with van der Waals surface area (Å²) in [6.07, 6.45) is 27.0. The van der Waals surface area contributed by atoms with Crippen LogP contribution in [-0.4, -0.2) is 18.6 Å². The Labute approximate surface area is 230 Å². The molecule has 0 heterocycles. The van der Waals surface area contributed by atoms with Crippen molar-refractivity contribution in [1.82, 2.24) is 5.32 Å². The Hall–Kier alpha value is -0.0800. The van der Waals surface area contributed by atoms with Crippen molar-refractivity contribution in [3.05, 3.63) is 0 Å². The maximum absolute atomic E-state index is 6.02. The molecule has 0 saturated heterocycles. The van der Waals surface area contributed by atoms with Crippen molar-refractivity contribution in [3.8, 4) is 0 Å². The Morgan fingerprint density at radius 2 is 1.30 bits per heavy atom. The molecule has 0 spiro atoms. The summed E-state index contributed by atoms with van der Waals surface area (Å²) in [5.74, 6) is 10.1. The smallest absolute Gasteiger partial charge is 0.0189 e. The van der Waals surface area contributed by atoms with Crippen molar-refractivity contribution in [1.29, 1.82) is 0 Å². The molecule has 6 unspecified atom stereocenters. The lowest BCUT2D eigenvalue weighted by atomic mass is 9.42. The normalized spacial score (nSPS) is 45.9. The van der Waals surface area contributed by atoms with Crippen molar-refractivity contribution in [2.24, 2.45) is 70.3 Å². The van der Waals surface area contributed by atoms with Gasteiger partial charge < -0.3 is 11.1 Å². The highest BCUT2D eigenvalue weighted by molar-refractivity contribution is 5.08. The summed E-state index contributed by atoms with van der Waals surface area (Å²) in [7, 11) is 0. The molecule has 8 bridgehead atoms. The molecule has 0 aromatic heterocycles. The predicted molar refractivity (Wildman–Crippen MR) is 157 cm³/mol. The predicted octanol–water partition coefficient (Wildman–Crippen LogP) is 8.59. The molecule has 0 radical (unpaired) electrons. The molecule has 0 aromatic carbocycles. The standard InChI is InChI=1S/C35H62N2/c1-4-25(8-11-37-35-21-27-13-28(22-35)15-29(14-27)23-35)6-9-34-19-30-16-31(20-34)18-32(17-30)33(34)24(3)12-26(5-2)7-10-36/h24-33,37H,4-23,36H2,1-3H3. The van der Waals surface area contributed by atoms with E-state index in [0.717, 1.165) is 65.7 Å². The van der Waals surface area contributed by atoms with Crippen LogP contribution in [-0.2, 0) is 0 Å². The third kappa shape index (κ3) is 5.47. The van der Waals surface area contributed by atoms with Crippen molar-refractivity contribution in [2.75, 3.05) is 13.1 Å². The molecule has 8 aliphatic carbocycles. The van der Waals surface area contributed by atoms with Gasteiger partial charge in [-0.3, -0.25) is 0 Å². The number of nitrogens with one attached hydrogen (secondary N) is 1. The molecule has 8 fully saturated rings. The first kappa shape index (κ1) is 27.1. The zero-order valence-corrected chi connectivity index (χ0v) is 25.0. The van der Waals surface area contributed by atoms with Crippen molar-refractivity contribution in [3.63, 3.8) is 0 Å². The molecule has 8 aliphatic rings. The summed E-state index contributed by atoms with van der Waals surface area (Å²) in [5, 5.41) is 4.24. The quantitative estimate of drug-likeness (QED) is 0.245. The highest BCUT2D eigenvalue weighted by Crippen LogP contribution is 2.67. The number of nitrogens with two attached hydrogens (primary N) is 1. The van der Waals surface area contributed by atoms with Gasteiger partial charge in [-0.25, -0.2) is 0 Å². The van der Waals surface area contributed by atoms with Crippen LogP contribution in [0.15, 0.2) is 0 Å². The lowest BCUT2D eigenvalue weighted by Crippen LogP contribution is -2.58. The third-order valence-electron chi connectivity index (χ3n) is 13.7. The molecular weight excluding hydrogens is 448 g/mol. The van der Waals surface area contributed by atoms with Crippen molar-refractivity contribution in [2.45, 2.75) is 142 Å². The molecule has 2 nitrogen and oxygen atoms in total. The topological polar surface area (TPSA) is 38.0 Å². The van der Waals surface area contributed by atoms with Gasteiger partial charge in [-0.1, -0.05) is 33.6 Å². The van der Waals surface area contributed by atoms with E-state index in [9.17, 15) is 0 Å². The molecule has 37 heavy (non-hydrogen) atoms. The van der Waals surface area contributed by atoms with E-state index in [0.29, 0.717) is 11.0 Å². The van der Waals surface area contributed by atoms with Crippen molar-refractivity contribution < 1.29 is 0 Å². The second-order valence-corrected chi connectivity index (χ2v) is 16.3. The van der Waals surface area contributed by atoms with Crippen LogP contribution in [0.3, 0.4) is 0 Å². The third-order valence-corrected chi connectivity index (χ3v) is 13.7. The van der Waals surface area contributed by atoms with Crippen LogP contribution in [0.4, 0.5) is 0 Å². The fourth-order valence-electron chi connectivity index (χ4n) is 13.0. The second kappa shape index (κ2) is 11.1. The maximum atomic E-state index is 6.02. The van der Waals surface area contributed by atoms with Crippen LogP contribution in [0.2, 0.25) is 0 Å². The minimum absolute atomic E-state index is 0.548. The molecule has 2 heteroatoms. The Bertz CT molecular complexity index is 709. The van der Waals surface area contributed by atoms with Gasteiger partial charge in [0.15, 0.2) is 0 Å². The second-order valence-electron chi connectivity index (χ2n) is 16.3. The molecule has 0 aromatic rings. The van der Waals surface area contributed by atoms with E-state index in [4.69, 9.17) is 5.73 Å². The molecular formula is C35H62N2. The molecule has 6 atom stereocenters. The fourth-order valence-corrected chi connectivity index (χ4v) is 13.0. The monoisotopic (exact) mass is 510 g/mol. The van der Waals surface area contributed by atoms with E-state index in [-0.39, 0.29) is 0 Å². The van der Waals surface area contributed by atoms with Gasteiger partial charge >= 0.3 is 0 Å². The Morgan fingerprint density at radius 3 is 1.84 bits per heavy atom. The van der Waals surface area contributed by atoms with E-state index in [1.807, 2.05) is 0 Å². The largest absolute Gasteiger partial charge is 0.330 e. The molecule has 3 N–H and O–H groups in total. The summed E-state index contributed by atoms with van der Waals surface area (Å²) in [4.78, 5) is 0. The Kier molecular flexibility index (Phi) is 8.11. The summed E-state index contributed by atoms with van der Waals surface area (Å²) >= 11 is 0. The molecule has 212 valence electrons. The first-order valence-electron chi connectivity index (χ1n) is 17.4. The van der Waals surface area contributed by atoms with Crippen LogP contribution >= 0.6 is 0 Å². The van der Waals surface area contributed by atoms with Crippen LogP contribution < -0.4 is 11.1 Å². The van der Waals surface area contributed by atoms with E-state index in [1.165, 1.54) is 64.3 Å². The number of hydrogen-bond donors (Lipinski definition) is 2. The average molecular weight is 511 g/mol. The lowest BCUT2D eigenvalue weighted by molar-refractivity contribution is -0.137. The van der Waals surface area contributed by atoms with Crippen LogP contribution in [0.25, 0.3) is 0 Å². The first-order valence-corrected chi connectivity index (χ1v) is 17.4. The van der Waals surface area contributed by atoms with Gasteiger partial charge in [0.05, 0.1) is 0 Å². The number of hydrogen-bond acceptors (Lipinski definition) is 2. The van der Waals surface area contributed by atoms with Crippen molar-refractivity contribution >= 4 is 0 Å². The highest BCUT2D eigenvalue weighted by Gasteiger charge is 2.57. The zero-order valence-electron chi connectivity index (χ0n) is 25.0. The van der Waals surface area contributed by atoms with Gasteiger partial charge in [-0.05, 0) is 180 Å². The van der Waals surface area contributed by atoms with E-state index in [2.05, 4.69) is 26.1 Å². The van der Waals surface area contributed by atoms with E-state index < -0.39 is 0 Å². The average Bonchev–Trinajstić information content (AvgIpc) is 2.84. The van der Waals surface area contributed by atoms with E-state index >= 15 is 0 Å². The Balaban J connectivity index is 1.06. The minimum Gasteiger partial charge on any atom is -0.330 e. The summed E-state index contributed by atoms with van der Waals surface area (Å²) in [5.41, 5.74) is 7.25. The van der Waals surface area contributed by atoms with Gasteiger partial charge in [-0.15, -0.1) is 0 Å². The Morgan fingerprint density at radius 1 is 0.730 bits per heavy atom.